The minimum Gasteiger partial charge on any atom is -0.394 e. The lowest BCUT2D eigenvalue weighted by Gasteiger charge is -2.44. The van der Waals surface area contributed by atoms with E-state index < -0.39 is 49.0 Å². The Morgan fingerprint density at radius 3 is 2.44 bits per heavy atom. The van der Waals surface area contributed by atoms with Crippen LogP contribution in [0, 0.1) is 11.3 Å². The third-order valence-corrected chi connectivity index (χ3v) is 6.49. The molecule has 8 nitrogen and oxygen atoms in total. The highest BCUT2D eigenvalue weighted by Gasteiger charge is 2.57. The van der Waals surface area contributed by atoms with Gasteiger partial charge in [0.2, 0.25) is 0 Å². The van der Waals surface area contributed by atoms with Crippen molar-refractivity contribution in [2.75, 3.05) is 6.61 Å². The Labute approximate surface area is 159 Å². The zero-order chi connectivity index (χ0) is 20.1. The van der Waals surface area contributed by atoms with Crippen molar-refractivity contribution in [3.63, 3.8) is 0 Å². The van der Waals surface area contributed by atoms with Crippen LogP contribution in [0.4, 0.5) is 0 Å². The lowest BCUT2D eigenvalue weighted by molar-refractivity contribution is -0.316. The van der Waals surface area contributed by atoms with Crippen LogP contribution in [-0.2, 0) is 19.0 Å². The normalized spacial score (nSPS) is 48.3. The number of rotatable bonds is 4. The van der Waals surface area contributed by atoms with E-state index in [-0.39, 0.29) is 23.2 Å². The van der Waals surface area contributed by atoms with Gasteiger partial charge in [0.05, 0.1) is 24.4 Å². The molecule has 0 aromatic rings. The molecule has 8 heteroatoms. The van der Waals surface area contributed by atoms with Crippen molar-refractivity contribution in [2.45, 2.75) is 95.5 Å². The summed E-state index contributed by atoms with van der Waals surface area (Å²) in [5, 5.41) is 39.2. The SMILES string of the molecule is CC(OC1OC(CO)C(O)C(O)C1O)C1CC2C(C)(C)CC(=O)CC2(C)O1. The molecule has 2 saturated heterocycles. The molecule has 2 heterocycles. The summed E-state index contributed by atoms with van der Waals surface area (Å²) in [5.41, 5.74) is -0.710. The van der Waals surface area contributed by atoms with Crippen molar-refractivity contribution in [3.05, 3.63) is 0 Å². The molecule has 3 fully saturated rings. The minimum atomic E-state index is -1.48. The van der Waals surface area contributed by atoms with Crippen LogP contribution in [0.15, 0.2) is 0 Å². The number of ether oxygens (including phenoxy) is 3. The molecule has 27 heavy (non-hydrogen) atoms. The van der Waals surface area contributed by atoms with Gasteiger partial charge >= 0.3 is 0 Å². The summed E-state index contributed by atoms with van der Waals surface area (Å²) < 4.78 is 17.5. The number of hydrogen-bond donors (Lipinski definition) is 4. The van der Waals surface area contributed by atoms with Gasteiger partial charge in [0.15, 0.2) is 6.29 Å². The maximum absolute atomic E-state index is 12.2. The fraction of sp³-hybridized carbons (Fsp3) is 0.947. The van der Waals surface area contributed by atoms with E-state index in [4.69, 9.17) is 14.2 Å². The molecule has 4 N–H and O–H groups in total. The predicted molar refractivity (Wildman–Crippen MR) is 93.7 cm³/mol. The van der Waals surface area contributed by atoms with Crippen LogP contribution in [0.25, 0.3) is 0 Å². The van der Waals surface area contributed by atoms with Gasteiger partial charge < -0.3 is 34.6 Å². The molecule has 2 aliphatic heterocycles. The molecular formula is C19H32O8. The maximum Gasteiger partial charge on any atom is 0.187 e. The lowest BCUT2D eigenvalue weighted by Crippen LogP contribution is -2.60. The summed E-state index contributed by atoms with van der Waals surface area (Å²) in [7, 11) is 0. The van der Waals surface area contributed by atoms with Crippen molar-refractivity contribution in [3.8, 4) is 0 Å². The van der Waals surface area contributed by atoms with E-state index in [1.165, 1.54) is 0 Å². The first kappa shape index (κ1) is 21.1. The number of carbonyl (C=O) groups is 1. The van der Waals surface area contributed by atoms with Crippen LogP contribution in [0.3, 0.4) is 0 Å². The largest absolute Gasteiger partial charge is 0.394 e. The molecular weight excluding hydrogens is 356 g/mol. The van der Waals surface area contributed by atoms with Gasteiger partial charge in [-0.3, -0.25) is 4.79 Å². The second-order valence-electron chi connectivity index (χ2n) is 9.18. The van der Waals surface area contributed by atoms with Crippen molar-refractivity contribution in [1.82, 2.24) is 0 Å². The first-order valence-electron chi connectivity index (χ1n) is 9.64. The molecule has 0 aromatic heterocycles. The van der Waals surface area contributed by atoms with Crippen molar-refractivity contribution >= 4 is 5.78 Å². The topological polar surface area (TPSA) is 126 Å². The summed E-state index contributed by atoms with van der Waals surface area (Å²) in [5.74, 6) is 0.399. The van der Waals surface area contributed by atoms with Crippen LogP contribution >= 0.6 is 0 Å². The number of ketones is 1. The van der Waals surface area contributed by atoms with E-state index in [9.17, 15) is 25.2 Å². The molecule has 1 aliphatic carbocycles. The predicted octanol–water partition coefficient (Wildman–Crippen LogP) is -0.256. The minimum absolute atomic E-state index is 0.165. The third-order valence-electron chi connectivity index (χ3n) is 6.49. The van der Waals surface area contributed by atoms with E-state index in [1.54, 1.807) is 6.92 Å². The van der Waals surface area contributed by atoms with Gasteiger partial charge in [-0.1, -0.05) is 13.8 Å². The number of aliphatic hydroxyl groups is 4. The highest BCUT2D eigenvalue weighted by atomic mass is 16.7. The van der Waals surface area contributed by atoms with E-state index in [2.05, 4.69) is 13.8 Å². The summed E-state index contributed by atoms with van der Waals surface area (Å²) in [6, 6.07) is 0. The average molecular weight is 388 g/mol. The Bertz CT molecular complexity index is 564. The fourth-order valence-corrected chi connectivity index (χ4v) is 5.12. The first-order valence-corrected chi connectivity index (χ1v) is 9.64. The fourth-order valence-electron chi connectivity index (χ4n) is 5.12. The van der Waals surface area contributed by atoms with Crippen molar-refractivity contribution in [1.29, 1.82) is 0 Å². The zero-order valence-electron chi connectivity index (χ0n) is 16.4. The number of aliphatic hydroxyl groups excluding tert-OH is 4. The van der Waals surface area contributed by atoms with Crippen LogP contribution in [-0.4, -0.2) is 81.3 Å². The Hall–Kier alpha value is -0.610. The maximum atomic E-state index is 12.2. The summed E-state index contributed by atoms with van der Waals surface area (Å²) >= 11 is 0. The molecule has 156 valence electrons. The van der Waals surface area contributed by atoms with Crippen molar-refractivity contribution in [2.24, 2.45) is 11.3 Å². The molecule has 0 amide bonds. The zero-order valence-corrected chi connectivity index (χ0v) is 16.4. The first-order chi connectivity index (χ1) is 12.5. The smallest absolute Gasteiger partial charge is 0.187 e. The highest BCUT2D eigenvalue weighted by Crippen LogP contribution is 2.54. The molecule has 1 saturated carbocycles. The number of carbonyl (C=O) groups excluding carboxylic acids is 1. The van der Waals surface area contributed by atoms with Gasteiger partial charge in [-0.05, 0) is 31.6 Å². The van der Waals surface area contributed by atoms with Gasteiger partial charge in [0, 0.05) is 12.8 Å². The molecule has 0 radical (unpaired) electrons. The second kappa shape index (κ2) is 7.33. The molecule has 9 atom stereocenters. The summed E-state index contributed by atoms with van der Waals surface area (Å²) in [4.78, 5) is 12.2. The third kappa shape index (κ3) is 3.81. The number of Topliss-reactive ketones (excluding diaryl/α,β-unsaturated/α-hetero) is 1. The standard InChI is InChI=1S/C19H32O8/c1-9(25-17-16(24)15(23)14(22)12(8-20)26-17)11-5-13-18(2,3)6-10(21)7-19(13,4)27-11/h9,11-17,20,22-24H,5-8H2,1-4H3. The molecule has 0 bridgehead atoms. The van der Waals surface area contributed by atoms with Gasteiger partial charge in [0.25, 0.3) is 0 Å². The quantitative estimate of drug-likeness (QED) is 0.519. The molecule has 3 aliphatic rings. The van der Waals surface area contributed by atoms with Crippen LogP contribution < -0.4 is 0 Å². The van der Waals surface area contributed by atoms with Crippen molar-refractivity contribution < 1.29 is 39.4 Å². The monoisotopic (exact) mass is 388 g/mol. The summed E-state index contributed by atoms with van der Waals surface area (Å²) in [6.45, 7) is 7.43. The average Bonchev–Trinajstić information content (AvgIpc) is 2.93. The van der Waals surface area contributed by atoms with E-state index in [1.807, 2.05) is 6.92 Å². The van der Waals surface area contributed by atoms with Crippen LogP contribution in [0.5, 0.6) is 0 Å². The van der Waals surface area contributed by atoms with E-state index in [0.717, 1.165) is 6.42 Å². The number of fused-ring (bicyclic) bond motifs is 1. The Morgan fingerprint density at radius 2 is 1.81 bits per heavy atom. The second-order valence-corrected chi connectivity index (χ2v) is 9.18. The molecule has 3 rings (SSSR count). The van der Waals surface area contributed by atoms with Gasteiger partial charge in [-0.25, -0.2) is 0 Å². The van der Waals surface area contributed by atoms with Gasteiger partial charge in [-0.15, -0.1) is 0 Å². The van der Waals surface area contributed by atoms with Gasteiger partial charge in [-0.2, -0.15) is 0 Å². The van der Waals surface area contributed by atoms with E-state index >= 15 is 0 Å². The number of hydrogen-bond acceptors (Lipinski definition) is 8. The van der Waals surface area contributed by atoms with Crippen LogP contribution in [0.2, 0.25) is 0 Å². The van der Waals surface area contributed by atoms with Crippen LogP contribution in [0.1, 0.15) is 47.0 Å². The van der Waals surface area contributed by atoms with Gasteiger partial charge in [0.1, 0.15) is 30.2 Å². The molecule has 0 aromatic carbocycles. The molecule has 0 spiro atoms. The Kier molecular flexibility index (Phi) is 5.73. The lowest BCUT2D eigenvalue weighted by atomic mass is 9.61. The Balaban J connectivity index is 1.68. The summed E-state index contributed by atoms with van der Waals surface area (Å²) in [6.07, 6.45) is -5.68. The molecule has 9 unspecified atom stereocenters. The highest BCUT2D eigenvalue weighted by molar-refractivity contribution is 5.81. The van der Waals surface area contributed by atoms with E-state index in [0.29, 0.717) is 12.8 Å². The Morgan fingerprint density at radius 1 is 1.15 bits per heavy atom.